The van der Waals surface area contributed by atoms with Crippen LogP contribution in [0.2, 0.25) is 0 Å². The van der Waals surface area contributed by atoms with Crippen LogP contribution in [0.1, 0.15) is 27.0 Å². The van der Waals surface area contributed by atoms with Crippen LogP contribution in [-0.4, -0.2) is 21.2 Å². The van der Waals surface area contributed by atoms with Gasteiger partial charge in [0.15, 0.2) is 5.78 Å². The number of benzene rings is 3. The highest BCUT2D eigenvalue weighted by Crippen LogP contribution is 2.23. The summed E-state index contributed by atoms with van der Waals surface area (Å²) in [5.41, 5.74) is 3.70. The highest BCUT2D eigenvalue weighted by molar-refractivity contribution is 7.92. The lowest BCUT2D eigenvalue weighted by molar-refractivity contribution is 0.103. The van der Waals surface area contributed by atoms with Crippen molar-refractivity contribution in [2.45, 2.75) is 18.7 Å². The van der Waals surface area contributed by atoms with Crippen molar-refractivity contribution in [1.29, 1.82) is 0 Å². The van der Waals surface area contributed by atoms with Crippen molar-refractivity contribution in [2.24, 2.45) is 0 Å². The SMILES string of the molecule is Cc1ccc(C(=O)c2ccc(N(C)S(=O)(=O)c3ccc(C)cc3)cc2)cc1. The van der Waals surface area contributed by atoms with E-state index in [9.17, 15) is 13.2 Å². The number of hydrogen-bond donors (Lipinski definition) is 0. The summed E-state index contributed by atoms with van der Waals surface area (Å²) in [5.74, 6) is -0.0920. The van der Waals surface area contributed by atoms with Gasteiger partial charge in [-0.05, 0) is 50.2 Å². The van der Waals surface area contributed by atoms with E-state index in [-0.39, 0.29) is 10.7 Å². The molecule has 0 saturated heterocycles. The van der Waals surface area contributed by atoms with Gasteiger partial charge in [0.1, 0.15) is 0 Å². The number of aryl methyl sites for hydroxylation is 2. The van der Waals surface area contributed by atoms with E-state index in [1.54, 1.807) is 60.7 Å². The molecule has 0 aromatic heterocycles. The average molecular weight is 379 g/mol. The number of carbonyl (C=O) groups is 1. The molecule has 0 heterocycles. The smallest absolute Gasteiger partial charge is 0.264 e. The third-order valence-electron chi connectivity index (χ3n) is 4.49. The normalized spacial score (nSPS) is 11.2. The highest BCUT2D eigenvalue weighted by atomic mass is 32.2. The standard InChI is InChI=1S/C22H21NO3S/c1-16-4-8-18(9-5-16)22(24)19-10-12-20(13-11-19)23(3)27(25,26)21-14-6-17(2)7-15-21/h4-15H,1-3H3. The van der Waals surface area contributed by atoms with Crippen LogP contribution in [0.5, 0.6) is 0 Å². The van der Waals surface area contributed by atoms with Crippen LogP contribution in [0.3, 0.4) is 0 Å². The lowest BCUT2D eigenvalue weighted by Crippen LogP contribution is -2.26. The van der Waals surface area contributed by atoms with E-state index in [1.165, 1.54) is 11.4 Å². The van der Waals surface area contributed by atoms with Crippen molar-refractivity contribution in [3.05, 3.63) is 95.1 Å². The minimum atomic E-state index is -3.65. The number of sulfonamides is 1. The molecule has 0 amide bonds. The third-order valence-corrected chi connectivity index (χ3v) is 6.29. The van der Waals surface area contributed by atoms with E-state index in [0.29, 0.717) is 16.8 Å². The molecule has 0 saturated carbocycles. The van der Waals surface area contributed by atoms with Gasteiger partial charge in [0, 0.05) is 18.2 Å². The molecule has 0 aliphatic carbocycles. The number of ketones is 1. The van der Waals surface area contributed by atoms with Gasteiger partial charge in [-0.15, -0.1) is 0 Å². The summed E-state index contributed by atoms with van der Waals surface area (Å²) < 4.78 is 26.8. The zero-order valence-corrected chi connectivity index (χ0v) is 16.3. The van der Waals surface area contributed by atoms with Crippen LogP contribution in [0.25, 0.3) is 0 Å². The predicted octanol–water partition coefficient (Wildman–Crippen LogP) is 4.36. The first-order valence-corrected chi connectivity index (χ1v) is 10.00. The van der Waals surface area contributed by atoms with Crippen molar-refractivity contribution in [1.82, 2.24) is 0 Å². The van der Waals surface area contributed by atoms with Crippen LogP contribution in [0.4, 0.5) is 5.69 Å². The molecule has 0 unspecified atom stereocenters. The molecule has 3 rings (SSSR count). The van der Waals surface area contributed by atoms with Gasteiger partial charge < -0.3 is 0 Å². The molecular formula is C22H21NO3S. The maximum Gasteiger partial charge on any atom is 0.264 e. The molecule has 4 nitrogen and oxygen atoms in total. The summed E-state index contributed by atoms with van der Waals surface area (Å²) in [7, 11) is -2.14. The van der Waals surface area contributed by atoms with Gasteiger partial charge in [-0.25, -0.2) is 8.42 Å². The van der Waals surface area contributed by atoms with Crippen molar-refractivity contribution >= 4 is 21.5 Å². The molecule has 0 atom stereocenters. The Balaban J connectivity index is 1.85. The number of nitrogens with zero attached hydrogens (tertiary/aromatic N) is 1. The van der Waals surface area contributed by atoms with Crippen LogP contribution < -0.4 is 4.31 Å². The van der Waals surface area contributed by atoms with Crippen LogP contribution in [-0.2, 0) is 10.0 Å². The van der Waals surface area contributed by atoms with Crippen molar-refractivity contribution in [2.75, 3.05) is 11.4 Å². The Labute approximate surface area is 160 Å². The van der Waals surface area contributed by atoms with E-state index in [4.69, 9.17) is 0 Å². The fourth-order valence-electron chi connectivity index (χ4n) is 2.70. The molecule has 0 N–H and O–H groups in total. The average Bonchev–Trinajstić information content (AvgIpc) is 2.68. The molecule has 0 radical (unpaired) electrons. The Bertz CT molecular complexity index is 1050. The quantitative estimate of drug-likeness (QED) is 0.619. The number of carbonyl (C=O) groups excluding carboxylic acids is 1. The second-order valence-electron chi connectivity index (χ2n) is 6.53. The van der Waals surface area contributed by atoms with E-state index >= 15 is 0 Å². The molecular weight excluding hydrogens is 358 g/mol. The lowest BCUT2D eigenvalue weighted by Gasteiger charge is -2.20. The van der Waals surface area contributed by atoms with E-state index < -0.39 is 10.0 Å². The van der Waals surface area contributed by atoms with Crippen LogP contribution in [0, 0.1) is 13.8 Å². The van der Waals surface area contributed by atoms with Gasteiger partial charge >= 0.3 is 0 Å². The second kappa shape index (κ2) is 7.37. The maximum atomic E-state index is 12.8. The molecule has 3 aromatic rings. The number of anilines is 1. The van der Waals surface area contributed by atoms with Crippen LogP contribution in [0.15, 0.2) is 77.7 Å². The number of hydrogen-bond acceptors (Lipinski definition) is 3. The second-order valence-corrected chi connectivity index (χ2v) is 8.50. The minimum absolute atomic E-state index is 0.0920. The predicted molar refractivity (Wildman–Crippen MR) is 108 cm³/mol. The molecule has 3 aromatic carbocycles. The summed E-state index contributed by atoms with van der Waals surface area (Å²) in [6.07, 6.45) is 0. The fraction of sp³-hybridized carbons (Fsp3) is 0.136. The Morgan fingerprint density at radius 1 is 0.704 bits per heavy atom. The first-order valence-electron chi connectivity index (χ1n) is 8.56. The van der Waals surface area contributed by atoms with Gasteiger partial charge in [-0.1, -0.05) is 47.5 Å². The third kappa shape index (κ3) is 3.93. The summed E-state index contributed by atoms with van der Waals surface area (Å²) >= 11 is 0. The molecule has 0 aliphatic heterocycles. The monoisotopic (exact) mass is 379 g/mol. The van der Waals surface area contributed by atoms with Gasteiger partial charge in [0.05, 0.1) is 10.6 Å². The van der Waals surface area contributed by atoms with E-state index in [0.717, 1.165) is 11.1 Å². The fourth-order valence-corrected chi connectivity index (χ4v) is 3.90. The molecule has 0 spiro atoms. The highest BCUT2D eigenvalue weighted by Gasteiger charge is 2.21. The first kappa shape index (κ1) is 18.9. The Kier molecular flexibility index (Phi) is 5.15. The van der Waals surface area contributed by atoms with Gasteiger partial charge in [-0.3, -0.25) is 9.10 Å². The zero-order valence-electron chi connectivity index (χ0n) is 15.5. The summed E-state index contributed by atoms with van der Waals surface area (Å²) in [4.78, 5) is 12.8. The Morgan fingerprint density at radius 3 is 1.59 bits per heavy atom. The topological polar surface area (TPSA) is 54.5 Å². The molecule has 0 aliphatic rings. The van der Waals surface area contributed by atoms with Crippen LogP contribution >= 0.6 is 0 Å². The molecule has 138 valence electrons. The minimum Gasteiger partial charge on any atom is -0.289 e. The van der Waals surface area contributed by atoms with E-state index in [1.807, 2.05) is 26.0 Å². The maximum absolute atomic E-state index is 12.8. The first-order chi connectivity index (χ1) is 12.8. The van der Waals surface area contributed by atoms with Gasteiger partial charge in [0.25, 0.3) is 10.0 Å². The van der Waals surface area contributed by atoms with Gasteiger partial charge in [0.2, 0.25) is 0 Å². The summed E-state index contributed by atoms with van der Waals surface area (Å²) in [6.45, 7) is 3.87. The molecule has 0 bridgehead atoms. The Morgan fingerprint density at radius 2 is 1.11 bits per heavy atom. The molecule has 27 heavy (non-hydrogen) atoms. The van der Waals surface area contributed by atoms with Gasteiger partial charge in [-0.2, -0.15) is 0 Å². The summed E-state index contributed by atoms with van der Waals surface area (Å²) in [6, 6.07) is 20.7. The Hall–Kier alpha value is -2.92. The molecule has 5 heteroatoms. The summed E-state index contributed by atoms with van der Waals surface area (Å²) in [5, 5.41) is 0. The largest absolute Gasteiger partial charge is 0.289 e. The van der Waals surface area contributed by atoms with E-state index in [2.05, 4.69) is 0 Å². The lowest BCUT2D eigenvalue weighted by atomic mass is 10.0. The molecule has 0 fully saturated rings. The van der Waals surface area contributed by atoms with Crippen molar-refractivity contribution < 1.29 is 13.2 Å². The zero-order chi connectivity index (χ0) is 19.6. The van der Waals surface area contributed by atoms with Crippen molar-refractivity contribution in [3.8, 4) is 0 Å². The van der Waals surface area contributed by atoms with Crippen molar-refractivity contribution in [3.63, 3.8) is 0 Å². The number of rotatable bonds is 5.